The van der Waals surface area contributed by atoms with Crippen molar-refractivity contribution in [2.24, 2.45) is 0 Å². The second kappa shape index (κ2) is 4.99. The van der Waals surface area contributed by atoms with E-state index >= 15 is 0 Å². The molecule has 0 aromatic heterocycles. The normalized spacial score (nSPS) is 33.0. The van der Waals surface area contributed by atoms with Gasteiger partial charge in [-0.05, 0) is 55.9 Å². The van der Waals surface area contributed by atoms with Crippen molar-refractivity contribution >= 4 is 0 Å². The summed E-state index contributed by atoms with van der Waals surface area (Å²) in [6.07, 6.45) is -0.299. The standard InChI is InChI=1S/C16H20F3NO/c1-10-5-6-11(16(17,18)19)7-14(10)15(21)8-12-3-2-4-13(9-15)20-12/h5-7,12-13,20-21H,2-4,8-9H2,1H3. The lowest BCUT2D eigenvalue weighted by molar-refractivity contribution is -0.137. The summed E-state index contributed by atoms with van der Waals surface area (Å²) in [5.41, 5.74) is -0.659. The topological polar surface area (TPSA) is 32.3 Å². The largest absolute Gasteiger partial charge is 0.416 e. The Morgan fingerprint density at radius 2 is 1.81 bits per heavy atom. The first-order valence-corrected chi connectivity index (χ1v) is 7.45. The molecule has 2 unspecified atom stereocenters. The highest BCUT2D eigenvalue weighted by Gasteiger charge is 2.43. The molecule has 116 valence electrons. The van der Waals surface area contributed by atoms with Gasteiger partial charge in [0, 0.05) is 12.1 Å². The number of nitrogens with one attached hydrogen (secondary N) is 1. The zero-order valence-corrected chi connectivity index (χ0v) is 12.0. The van der Waals surface area contributed by atoms with Crippen molar-refractivity contribution in [3.05, 3.63) is 34.9 Å². The molecule has 2 N–H and O–H groups in total. The lowest BCUT2D eigenvalue weighted by Crippen LogP contribution is -2.54. The van der Waals surface area contributed by atoms with E-state index in [1.165, 1.54) is 6.07 Å². The number of piperidine rings is 2. The van der Waals surface area contributed by atoms with Crippen LogP contribution in [0.25, 0.3) is 0 Å². The zero-order chi connectivity index (χ0) is 15.3. The molecule has 2 aliphatic rings. The number of aliphatic hydroxyl groups is 1. The van der Waals surface area contributed by atoms with Crippen LogP contribution < -0.4 is 5.32 Å². The molecule has 2 atom stereocenters. The van der Waals surface area contributed by atoms with E-state index in [2.05, 4.69) is 5.32 Å². The molecular weight excluding hydrogens is 279 g/mol. The minimum atomic E-state index is -4.37. The van der Waals surface area contributed by atoms with Crippen LogP contribution in [0.3, 0.4) is 0 Å². The van der Waals surface area contributed by atoms with Crippen LogP contribution in [-0.4, -0.2) is 17.2 Å². The fraction of sp³-hybridized carbons (Fsp3) is 0.625. The van der Waals surface area contributed by atoms with Crippen LogP contribution in [0.1, 0.15) is 48.8 Å². The number of aryl methyl sites for hydroxylation is 1. The van der Waals surface area contributed by atoms with Crippen LogP contribution in [0.5, 0.6) is 0 Å². The van der Waals surface area contributed by atoms with E-state index in [1.54, 1.807) is 6.92 Å². The molecule has 2 fully saturated rings. The van der Waals surface area contributed by atoms with Crippen LogP contribution in [-0.2, 0) is 11.8 Å². The Balaban J connectivity index is 1.98. The molecule has 1 aromatic carbocycles. The number of rotatable bonds is 1. The molecular formula is C16H20F3NO. The number of benzene rings is 1. The molecule has 5 heteroatoms. The van der Waals surface area contributed by atoms with E-state index in [-0.39, 0.29) is 12.1 Å². The molecule has 0 spiro atoms. The van der Waals surface area contributed by atoms with Crippen molar-refractivity contribution < 1.29 is 18.3 Å². The van der Waals surface area contributed by atoms with Crippen LogP contribution in [0.15, 0.2) is 18.2 Å². The molecule has 2 aliphatic heterocycles. The van der Waals surface area contributed by atoms with Gasteiger partial charge in [0.05, 0.1) is 11.2 Å². The van der Waals surface area contributed by atoms with E-state index in [4.69, 9.17) is 0 Å². The van der Waals surface area contributed by atoms with Gasteiger partial charge >= 0.3 is 6.18 Å². The molecule has 0 aliphatic carbocycles. The predicted octanol–water partition coefficient (Wildman–Crippen LogP) is 3.51. The molecule has 2 bridgehead atoms. The number of fused-ring (bicyclic) bond motifs is 2. The summed E-state index contributed by atoms with van der Waals surface area (Å²) in [5.74, 6) is 0. The van der Waals surface area contributed by atoms with E-state index in [9.17, 15) is 18.3 Å². The summed E-state index contributed by atoms with van der Waals surface area (Å²) in [5, 5.41) is 14.5. The monoisotopic (exact) mass is 299 g/mol. The first kappa shape index (κ1) is 14.9. The smallest absolute Gasteiger partial charge is 0.385 e. The summed E-state index contributed by atoms with van der Waals surface area (Å²) in [7, 11) is 0. The van der Waals surface area contributed by atoms with Crippen molar-refractivity contribution in [1.29, 1.82) is 0 Å². The molecule has 0 amide bonds. The van der Waals surface area contributed by atoms with E-state index in [0.29, 0.717) is 18.4 Å². The lowest BCUT2D eigenvalue weighted by atomic mass is 9.72. The van der Waals surface area contributed by atoms with Gasteiger partial charge in [0.1, 0.15) is 0 Å². The molecule has 2 saturated heterocycles. The average Bonchev–Trinajstić information content (AvgIpc) is 2.36. The molecule has 2 heterocycles. The van der Waals surface area contributed by atoms with Gasteiger partial charge in [-0.3, -0.25) is 0 Å². The number of halogens is 3. The van der Waals surface area contributed by atoms with Crippen molar-refractivity contribution in [1.82, 2.24) is 5.32 Å². The highest BCUT2D eigenvalue weighted by Crippen LogP contribution is 2.42. The minimum Gasteiger partial charge on any atom is -0.385 e. The third kappa shape index (κ3) is 2.81. The van der Waals surface area contributed by atoms with E-state index in [0.717, 1.165) is 37.0 Å². The van der Waals surface area contributed by atoms with Gasteiger partial charge in [-0.1, -0.05) is 12.5 Å². The van der Waals surface area contributed by atoms with Gasteiger partial charge in [0.15, 0.2) is 0 Å². The van der Waals surface area contributed by atoms with E-state index < -0.39 is 17.3 Å². The van der Waals surface area contributed by atoms with Crippen molar-refractivity contribution in [3.8, 4) is 0 Å². The molecule has 0 radical (unpaired) electrons. The Morgan fingerprint density at radius 3 is 2.38 bits per heavy atom. The Hall–Kier alpha value is -1.07. The summed E-state index contributed by atoms with van der Waals surface area (Å²) in [6.45, 7) is 1.77. The maximum Gasteiger partial charge on any atom is 0.416 e. The van der Waals surface area contributed by atoms with Gasteiger partial charge in [0.2, 0.25) is 0 Å². The van der Waals surface area contributed by atoms with Gasteiger partial charge in [-0.2, -0.15) is 13.2 Å². The van der Waals surface area contributed by atoms with Gasteiger partial charge in [-0.15, -0.1) is 0 Å². The van der Waals surface area contributed by atoms with Crippen molar-refractivity contribution in [3.63, 3.8) is 0 Å². The second-order valence-electron chi connectivity index (χ2n) is 6.46. The maximum atomic E-state index is 12.9. The van der Waals surface area contributed by atoms with Gasteiger partial charge < -0.3 is 10.4 Å². The lowest BCUT2D eigenvalue weighted by Gasteiger charge is -2.46. The van der Waals surface area contributed by atoms with Crippen molar-refractivity contribution in [2.45, 2.75) is 62.9 Å². The van der Waals surface area contributed by atoms with Gasteiger partial charge in [0.25, 0.3) is 0 Å². The molecule has 0 saturated carbocycles. The highest BCUT2D eigenvalue weighted by atomic mass is 19.4. The quantitative estimate of drug-likeness (QED) is 0.832. The summed E-state index contributed by atoms with van der Waals surface area (Å²) in [4.78, 5) is 0. The second-order valence-corrected chi connectivity index (χ2v) is 6.46. The number of hydrogen-bond donors (Lipinski definition) is 2. The third-order valence-corrected chi connectivity index (χ3v) is 4.81. The van der Waals surface area contributed by atoms with Crippen molar-refractivity contribution in [2.75, 3.05) is 0 Å². The minimum absolute atomic E-state index is 0.205. The molecule has 21 heavy (non-hydrogen) atoms. The summed E-state index contributed by atoms with van der Waals surface area (Å²) < 4.78 is 38.8. The summed E-state index contributed by atoms with van der Waals surface area (Å²) >= 11 is 0. The Bertz CT molecular complexity index is 529. The third-order valence-electron chi connectivity index (χ3n) is 4.81. The number of alkyl halides is 3. The molecule has 2 nitrogen and oxygen atoms in total. The first-order chi connectivity index (χ1) is 9.78. The van der Waals surface area contributed by atoms with Crippen LogP contribution in [0.2, 0.25) is 0 Å². The average molecular weight is 299 g/mol. The SMILES string of the molecule is Cc1ccc(C(F)(F)F)cc1C1(O)CC2CCCC(C1)N2. The fourth-order valence-corrected chi connectivity index (χ4v) is 3.85. The Morgan fingerprint density at radius 1 is 1.19 bits per heavy atom. The Labute approximate surface area is 122 Å². The fourth-order valence-electron chi connectivity index (χ4n) is 3.85. The van der Waals surface area contributed by atoms with Crippen LogP contribution >= 0.6 is 0 Å². The Kier molecular flexibility index (Phi) is 3.53. The highest BCUT2D eigenvalue weighted by molar-refractivity contribution is 5.37. The molecule has 1 aromatic rings. The van der Waals surface area contributed by atoms with Gasteiger partial charge in [-0.25, -0.2) is 0 Å². The zero-order valence-electron chi connectivity index (χ0n) is 12.0. The first-order valence-electron chi connectivity index (χ1n) is 7.45. The van der Waals surface area contributed by atoms with Crippen LogP contribution in [0, 0.1) is 6.92 Å². The predicted molar refractivity (Wildman–Crippen MR) is 73.9 cm³/mol. The number of hydrogen-bond acceptors (Lipinski definition) is 2. The maximum absolute atomic E-state index is 12.9. The van der Waals surface area contributed by atoms with E-state index in [1.807, 2.05) is 0 Å². The summed E-state index contributed by atoms with van der Waals surface area (Å²) in [6, 6.07) is 4.10. The van der Waals surface area contributed by atoms with Crippen LogP contribution in [0.4, 0.5) is 13.2 Å². The molecule has 3 rings (SSSR count).